The fourth-order valence-electron chi connectivity index (χ4n) is 5.19. The van der Waals surface area contributed by atoms with E-state index >= 15 is 0 Å². The number of anilines is 1. The number of rotatable bonds is 7. The first kappa shape index (κ1) is 23.3. The van der Waals surface area contributed by atoms with Gasteiger partial charge in [-0.05, 0) is 68.9 Å². The van der Waals surface area contributed by atoms with Crippen LogP contribution < -0.4 is 15.5 Å². The lowest BCUT2D eigenvalue weighted by Gasteiger charge is -2.40. The van der Waals surface area contributed by atoms with E-state index in [2.05, 4.69) is 64.9 Å². The van der Waals surface area contributed by atoms with Gasteiger partial charge in [0.2, 0.25) is 5.91 Å². The summed E-state index contributed by atoms with van der Waals surface area (Å²) in [4.78, 5) is 15.1. The van der Waals surface area contributed by atoms with E-state index in [0.717, 1.165) is 45.2 Å². The Labute approximate surface area is 198 Å². The molecule has 0 bridgehead atoms. The van der Waals surface area contributed by atoms with Gasteiger partial charge >= 0.3 is 0 Å². The number of nitrogens with zero attached hydrogens (tertiary/aromatic N) is 2. The van der Waals surface area contributed by atoms with Crippen molar-refractivity contribution in [3.8, 4) is 6.07 Å². The van der Waals surface area contributed by atoms with Crippen molar-refractivity contribution in [2.45, 2.75) is 76.4 Å². The van der Waals surface area contributed by atoms with Crippen LogP contribution in [0, 0.1) is 18.3 Å². The number of hydrogen-bond acceptors (Lipinski definition) is 4. The maximum Gasteiger partial charge on any atom is 0.220 e. The number of nitriles is 1. The van der Waals surface area contributed by atoms with Crippen LogP contribution in [-0.4, -0.2) is 37.1 Å². The lowest BCUT2D eigenvalue weighted by molar-refractivity contribution is -0.122. The van der Waals surface area contributed by atoms with Gasteiger partial charge in [0, 0.05) is 43.3 Å². The Hall–Kier alpha value is -2.84. The van der Waals surface area contributed by atoms with Crippen molar-refractivity contribution in [3.05, 3.63) is 65.2 Å². The zero-order valence-corrected chi connectivity index (χ0v) is 19.7. The van der Waals surface area contributed by atoms with Crippen molar-refractivity contribution in [2.75, 3.05) is 18.0 Å². The molecule has 1 saturated carbocycles. The van der Waals surface area contributed by atoms with Crippen molar-refractivity contribution in [1.82, 2.24) is 10.6 Å². The van der Waals surface area contributed by atoms with Crippen LogP contribution >= 0.6 is 0 Å². The largest absolute Gasteiger partial charge is 0.370 e. The Balaban J connectivity index is 1.29. The smallest absolute Gasteiger partial charge is 0.220 e. The summed E-state index contributed by atoms with van der Waals surface area (Å²) in [7, 11) is 0. The first-order valence-electron chi connectivity index (χ1n) is 12.5. The maximum absolute atomic E-state index is 12.7. The molecule has 0 spiro atoms. The van der Waals surface area contributed by atoms with E-state index in [9.17, 15) is 4.79 Å². The lowest BCUT2D eigenvalue weighted by atomic mass is 9.88. The second-order valence-electron chi connectivity index (χ2n) is 9.66. The number of hydrogen-bond donors (Lipinski definition) is 2. The molecule has 2 aliphatic rings. The van der Waals surface area contributed by atoms with E-state index in [-0.39, 0.29) is 11.9 Å². The minimum Gasteiger partial charge on any atom is -0.370 e. The number of nitrogens with one attached hydrogen (secondary N) is 2. The van der Waals surface area contributed by atoms with E-state index in [1.807, 2.05) is 12.1 Å². The summed E-state index contributed by atoms with van der Waals surface area (Å²) < 4.78 is 0. The molecule has 1 aliphatic carbocycles. The van der Waals surface area contributed by atoms with E-state index < -0.39 is 0 Å². The third-order valence-electron chi connectivity index (χ3n) is 7.11. The Morgan fingerprint density at radius 1 is 1.00 bits per heavy atom. The molecule has 5 heteroatoms. The molecule has 174 valence electrons. The summed E-state index contributed by atoms with van der Waals surface area (Å²) in [5.41, 5.74) is 4.36. The third-order valence-corrected chi connectivity index (χ3v) is 7.11. The SMILES string of the molecule is Cc1ccc(CCC(=O)N[C@@H]2CCCC[C@H]2N[C@H]2CCCN(c3ccc(C#N)cc3)C2)cc1. The Kier molecular flexibility index (Phi) is 8.01. The van der Waals surface area contributed by atoms with Crippen molar-refractivity contribution >= 4 is 11.6 Å². The molecule has 1 heterocycles. The normalized spacial score (nSPS) is 23.0. The van der Waals surface area contributed by atoms with Crippen LogP contribution in [-0.2, 0) is 11.2 Å². The lowest BCUT2D eigenvalue weighted by Crippen LogP contribution is -2.57. The molecule has 2 aromatic rings. The Morgan fingerprint density at radius 3 is 2.45 bits per heavy atom. The molecule has 0 aromatic heterocycles. The van der Waals surface area contributed by atoms with Gasteiger partial charge in [0.05, 0.1) is 11.6 Å². The van der Waals surface area contributed by atoms with Crippen LogP contribution in [0.25, 0.3) is 0 Å². The first-order chi connectivity index (χ1) is 16.1. The van der Waals surface area contributed by atoms with Gasteiger partial charge in [-0.1, -0.05) is 42.7 Å². The van der Waals surface area contributed by atoms with Crippen molar-refractivity contribution in [2.24, 2.45) is 0 Å². The van der Waals surface area contributed by atoms with E-state index in [0.29, 0.717) is 24.1 Å². The van der Waals surface area contributed by atoms with Gasteiger partial charge in [-0.2, -0.15) is 5.26 Å². The second kappa shape index (κ2) is 11.3. The molecule has 0 unspecified atom stereocenters. The highest BCUT2D eigenvalue weighted by molar-refractivity contribution is 5.76. The molecule has 1 saturated heterocycles. The van der Waals surface area contributed by atoms with Crippen LogP contribution in [0.2, 0.25) is 0 Å². The predicted molar refractivity (Wildman–Crippen MR) is 133 cm³/mol. The molecule has 5 nitrogen and oxygen atoms in total. The van der Waals surface area contributed by atoms with Gasteiger partial charge in [-0.25, -0.2) is 0 Å². The number of amides is 1. The van der Waals surface area contributed by atoms with Crippen LogP contribution in [0.1, 0.15) is 61.6 Å². The summed E-state index contributed by atoms with van der Waals surface area (Å²) >= 11 is 0. The minimum absolute atomic E-state index is 0.164. The number of carbonyl (C=O) groups is 1. The van der Waals surface area contributed by atoms with Crippen LogP contribution in [0.3, 0.4) is 0 Å². The molecule has 2 aromatic carbocycles. The standard InChI is InChI=1S/C28H36N4O/c1-21-8-10-22(11-9-21)14-17-28(33)31-27-7-3-2-6-26(27)30-24-5-4-18-32(20-24)25-15-12-23(19-29)13-16-25/h8-13,15-16,24,26-27,30H,2-7,14,17-18,20H2,1H3,(H,31,33)/t24-,26+,27+/m0/s1. The summed E-state index contributed by atoms with van der Waals surface area (Å²) in [6, 6.07) is 19.5. The fraction of sp³-hybridized carbons (Fsp3) is 0.500. The summed E-state index contributed by atoms with van der Waals surface area (Å²) in [5.74, 6) is 0.164. The number of aryl methyl sites for hydroxylation is 2. The molecule has 4 rings (SSSR count). The van der Waals surface area contributed by atoms with Gasteiger partial charge in [0.15, 0.2) is 0 Å². The van der Waals surface area contributed by atoms with Gasteiger partial charge in [0.1, 0.15) is 0 Å². The molecule has 0 radical (unpaired) electrons. The van der Waals surface area contributed by atoms with Gasteiger partial charge in [0.25, 0.3) is 0 Å². The average Bonchev–Trinajstić information content (AvgIpc) is 2.85. The van der Waals surface area contributed by atoms with Crippen molar-refractivity contribution in [1.29, 1.82) is 5.26 Å². The predicted octanol–water partition coefficient (Wildman–Crippen LogP) is 4.49. The van der Waals surface area contributed by atoms with Gasteiger partial charge in [-0.15, -0.1) is 0 Å². The summed E-state index contributed by atoms with van der Waals surface area (Å²) in [6.07, 6.45) is 8.23. The monoisotopic (exact) mass is 444 g/mol. The average molecular weight is 445 g/mol. The molecule has 1 amide bonds. The van der Waals surface area contributed by atoms with E-state index in [1.54, 1.807) is 0 Å². The Bertz CT molecular complexity index is 947. The molecular formula is C28H36N4O. The maximum atomic E-state index is 12.7. The zero-order chi connectivity index (χ0) is 23.0. The van der Waals surface area contributed by atoms with Crippen molar-refractivity contribution in [3.63, 3.8) is 0 Å². The minimum atomic E-state index is 0.164. The highest BCUT2D eigenvalue weighted by Crippen LogP contribution is 2.24. The molecular weight excluding hydrogens is 408 g/mol. The van der Waals surface area contributed by atoms with Gasteiger partial charge in [-0.3, -0.25) is 4.79 Å². The summed E-state index contributed by atoms with van der Waals surface area (Å²) in [6.45, 7) is 4.10. The Morgan fingerprint density at radius 2 is 1.73 bits per heavy atom. The van der Waals surface area contributed by atoms with Crippen LogP contribution in [0.4, 0.5) is 5.69 Å². The zero-order valence-electron chi connectivity index (χ0n) is 19.7. The van der Waals surface area contributed by atoms with E-state index in [1.165, 1.54) is 29.7 Å². The second-order valence-corrected chi connectivity index (χ2v) is 9.66. The topological polar surface area (TPSA) is 68.2 Å². The molecule has 1 aliphatic heterocycles. The van der Waals surface area contributed by atoms with Crippen LogP contribution in [0.15, 0.2) is 48.5 Å². The molecule has 3 atom stereocenters. The van der Waals surface area contributed by atoms with Crippen molar-refractivity contribution < 1.29 is 4.79 Å². The summed E-state index contributed by atoms with van der Waals surface area (Å²) in [5, 5.41) is 16.3. The molecule has 2 N–H and O–H groups in total. The molecule has 2 fully saturated rings. The van der Waals surface area contributed by atoms with Gasteiger partial charge < -0.3 is 15.5 Å². The number of benzene rings is 2. The highest BCUT2D eigenvalue weighted by Gasteiger charge is 2.30. The molecule has 33 heavy (non-hydrogen) atoms. The fourth-order valence-corrected chi connectivity index (χ4v) is 5.19. The first-order valence-corrected chi connectivity index (χ1v) is 12.5. The number of carbonyl (C=O) groups excluding carboxylic acids is 1. The number of piperidine rings is 1. The van der Waals surface area contributed by atoms with E-state index in [4.69, 9.17) is 5.26 Å². The van der Waals surface area contributed by atoms with Crippen LogP contribution in [0.5, 0.6) is 0 Å². The highest BCUT2D eigenvalue weighted by atomic mass is 16.1. The quantitative estimate of drug-likeness (QED) is 0.660. The third kappa shape index (κ3) is 6.58.